The van der Waals surface area contributed by atoms with Gasteiger partial charge in [0.05, 0.1) is 11.8 Å². The predicted octanol–water partition coefficient (Wildman–Crippen LogP) is 2.66. The average Bonchev–Trinajstić information content (AvgIpc) is 2.96. The van der Waals surface area contributed by atoms with E-state index in [-0.39, 0.29) is 6.04 Å². The van der Waals surface area contributed by atoms with Crippen LogP contribution in [-0.4, -0.2) is 15.4 Å². The van der Waals surface area contributed by atoms with Gasteiger partial charge in [0.25, 0.3) is 0 Å². The highest BCUT2D eigenvalue weighted by molar-refractivity contribution is 7.99. The van der Waals surface area contributed by atoms with Crippen molar-refractivity contribution in [1.82, 2.24) is 10.1 Å². The average molecular weight is 241 g/mol. The lowest BCUT2D eigenvalue weighted by Crippen LogP contribution is -2.08. The topological polar surface area (TPSA) is 64.9 Å². The quantitative estimate of drug-likeness (QED) is 0.858. The van der Waals surface area contributed by atoms with Crippen LogP contribution in [0.5, 0.6) is 0 Å². The molecule has 0 saturated heterocycles. The second-order valence-corrected chi connectivity index (χ2v) is 5.57. The summed E-state index contributed by atoms with van der Waals surface area (Å²) in [6.45, 7) is 2.02. The van der Waals surface area contributed by atoms with E-state index in [2.05, 4.69) is 10.1 Å². The normalized spacial score (nSPS) is 19.1. The molecular formula is C11H19N3OS. The monoisotopic (exact) mass is 241 g/mol. The van der Waals surface area contributed by atoms with Crippen LogP contribution in [0.25, 0.3) is 0 Å². The van der Waals surface area contributed by atoms with E-state index in [1.807, 2.05) is 18.7 Å². The van der Waals surface area contributed by atoms with Crippen molar-refractivity contribution in [2.75, 3.05) is 0 Å². The summed E-state index contributed by atoms with van der Waals surface area (Å²) in [4.78, 5) is 4.32. The molecule has 0 amide bonds. The van der Waals surface area contributed by atoms with Crippen LogP contribution in [0.1, 0.15) is 56.8 Å². The lowest BCUT2D eigenvalue weighted by molar-refractivity contribution is 0.349. The third-order valence-corrected chi connectivity index (χ3v) is 4.36. The summed E-state index contributed by atoms with van der Waals surface area (Å²) in [5, 5.41) is 4.75. The molecule has 2 N–H and O–H groups in total. The Kier molecular flexibility index (Phi) is 4.23. The molecule has 0 spiro atoms. The zero-order chi connectivity index (χ0) is 11.4. The highest BCUT2D eigenvalue weighted by Crippen LogP contribution is 2.31. The molecule has 90 valence electrons. The first-order valence-corrected chi connectivity index (χ1v) is 7.04. The molecule has 0 unspecified atom stereocenters. The zero-order valence-electron chi connectivity index (χ0n) is 9.69. The van der Waals surface area contributed by atoms with Crippen LogP contribution in [0.4, 0.5) is 0 Å². The molecule has 1 aromatic heterocycles. The Labute approximate surface area is 100 Å². The maximum absolute atomic E-state index is 5.82. The lowest BCUT2D eigenvalue weighted by Gasteiger charge is -2.05. The summed E-state index contributed by atoms with van der Waals surface area (Å²) in [6.07, 6.45) is 6.25. The Bertz CT molecular complexity index is 323. The van der Waals surface area contributed by atoms with Crippen LogP contribution in [0.3, 0.4) is 0 Å². The number of rotatable bonds is 5. The summed E-state index contributed by atoms with van der Waals surface area (Å²) >= 11 is 1.94. The lowest BCUT2D eigenvalue weighted by atomic mass is 10.2. The molecule has 1 aliphatic carbocycles. The highest BCUT2D eigenvalue weighted by Gasteiger charge is 2.17. The van der Waals surface area contributed by atoms with Gasteiger partial charge in [0, 0.05) is 5.25 Å². The second kappa shape index (κ2) is 5.68. The highest BCUT2D eigenvalue weighted by atomic mass is 32.2. The molecule has 16 heavy (non-hydrogen) atoms. The molecule has 2 rings (SSSR count). The van der Waals surface area contributed by atoms with Gasteiger partial charge in [-0.2, -0.15) is 16.7 Å². The van der Waals surface area contributed by atoms with Gasteiger partial charge in [-0.25, -0.2) is 0 Å². The van der Waals surface area contributed by atoms with Gasteiger partial charge < -0.3 is 10.3 Å². The van der Waals surface area contributed by atoms with E-state index in [0.29, 0.717) is 5.89 Å². The molecule has 1 fully saturated rings. The Morgan fingerprint density at radius 3 is 2.94 bits per heavy atom. The summed E-state index contributed by atoms with van der Waals surface area (Å²) in [7, 11) is 0. The number of aromatic nitrogens is 2. The molecule has 0 aromatic carbocycles. The molecule has 1 aromatic rings. The van der Waals surface area contributed by atoms with E-state index < -0.39 is 0 Å². The van der Waals surface area contributed by atoms with Crippen molar-refractivity contribution < 1.29 is 4.52 Å². The van der Waals surface area contributed by atoms with Crippen molar-refractivity contribution in [3.8, 4) is 0 Å². The van der Waals surface area contributed by atoms with Crippen LogP contribution in [0.15, 0.2) is 4.52 Å². The molecule has 0 aliphatic heterocycles. The fourth-order valence-electron chi connectivity index (χ4n) is 1.90. The molecule has 1 atom stereocenters. The molecule has 1 saturated carbocycles. The van der Waals surface area contributed by atoms with Gasteiger partial charge in [-0.05, 0) is 19.3 Å². The fraction of sp³-hybridized carbons (Fsp3) is 0.818. The largest absolute Gasteiger partial charge is 0.338 e. The molecule has 0 radical (unpaired) electrons. The first-order valence-electron chi connectivity index (χ1n) is 5.99. The van der Waals surface area contributed by atoms with Crippen LogP contribution in [0, 0.1) is 0 Å². The third kappa shape index (κ3) is 2.98. The maximum atomic E-state index is 5.82. The molecule has 0 bridgehead atoms. The van der Waals surface area contributed by atoms with Gasteiger partial charge in [0.1, 0.15) is 0 Å². The minimum atomic E-state index is -0.113. The first kappa shape index (κ1) is 11.9. The van der Waals surface area contributed by atoms with Crippen LogP contribution >= 0.6 is 11.8 Å². The van der Waals surface area contributed by atoms with E-state index >= 15 is 0 Å². The standard InChI is InChI=1S/C11H19N3OS/c1-2-9(12)11-13-10(14-15-11)7-16-8-5-3-4-6-8/h8-9H,2-7,12H2,1H3/t9-/m0/s1. The second-order valence-electron chi connectivity index (χ2n) is 4.28. The van der Waals surface area contributed by atoms with E-state index in [0.717, 1.165) is 23.2 Å². The molecule has 1 aliphatic rings. The van der Waals surface area contributed by atoms with E-state index in [1.54, 1.807) is 0 Å². The van der Waals surface area contributed by atoms with Crippen LogP contribution < -0.4 is 5.73 Å². The van der Waals surface area contributed by atoms with Gasteiger partial charge >= 0.3 is 0 Å². The molecular weight excluding hydrogens is 222 g/mol. The number of nitrogens with zero attached hydrogens (tertiary/aromatic N) is 2. The van der Waals surface area contributed by atoms with Gasteiger partial charge in [0.15, 0.2) is 5.82 Å². The van der Waals surface area contributed by atoms with Gasteiger partial charge in [-0.3, -0.25) is 0 Å². The number of hydrogen-bond donors (Lipinski definition) is 1. The summed E-state index contributed by atoms with van der Waals surface area (Å²) in [5.74, 6) is 2.21. The van der Waals surface area contributed by atoms with Crippen molar-refractivity contribution in [3.63, 3.8) is 0 Å². The van der Waals surface area contributed by atoms with Gasteiger partial charge in [-0.1, -0.05) is 24.9 Å². The Hall–Kier alpha value is -0.550. The van der Waals surface area contributed by atoms with E-state index in [9.17, 15) is 0 Å². The minimum absolute atomic E-state index is 0.113. The first-order chi connectivity index (χ1) is 7.79. The molecule has 4 nitrogen and oxygen atoms in total. The van der Waals surface area contributed by atoms with E-state index in [1.165, 1.54) is 25.7 Å². The van der Waals surface area contributed by atoms with Crippen LogP contribution in [-0.2, 0) is 5.75 Å². The predicted molar refractivity (Wildman–Crippen MR) is 65.1 cm³/mol. The van der Waals surface area contributed by atoms with Crippen LogP contribution in [0.2, 0.25) is 0 Å². The Balaban J connectivity index is 1.82. The summed E-state index contributed by atoms with van der Waals surface area (Å²) in [5.41, 5.74) is 5.82. The van der Waals surface area contributed by atoms with Crippen molar-refractivity contribution in [2.45, 2.75) is 56.1 Å². The Morgan fingerprint density at radius 2 is 2.25 bits per heavy atom. The van der Waals surface area contributed by atoms with Crippen molar-refractivity contribution in [1.29, 1.82) is 0 Å². The fourth-order valence-corrected chi connectivity index (χ4v) is 3.07. The number of hydrogen-bond acceptors (Lipinski definition) is 5. The number of nitrogens with two attached hydrogens (primary N) is 1. The summed E-state index contributed by atoms with van der Waals surface area (Å²) < 4.78 is 5.13. The zero-order valence-corrected chi connectivity index (χ0v) is 10.5. The van der Waals surface area contributed by atoms with Gasteiger partial charge in [0.2, 0.25) is 5.89 Å². The van der Waals surface area contributed by atoms with Crippen molar-refractivity contribution >= 4 is 11.8 Å². The van der Waals surface area contributed by atoms with Gasteiger partial charge in [-0.15, -0.1) is 0 Å². The number of thioether (sulfide) groups is 1. The smallest absolute Gasteiger partial charge is 0.243 e. The minimum Gasteiger partial charge on any atom is -0.338 e. The van der Waals surface area contributed by atoms with Crippen molar-refractivity contribution in [2.24, 2.45) is 5.73 Å². The third-order valence-electron chi connectivity index (χ3n) is 2.99. The van der Waals surface area contributed by atoms with E-state index in [4.69, 9.17) is 10.3 Å². The Morgan fingerprint density at radius 1 is 1.50 bits per heavy atom. The maximum Gasteiger partial charge on any atom is 0.243 e. The molecule has 1 heterocycles. The summed E-state index contributed by atoms with van der Waals surface area (Å²) in [6, 6.07) is -0.113. The SMILES string of the molecule is CC[C@H](N)c1nc(CSC2CCCC2)no1. The molecule has 5 heteroatoms. The van der Waals surface area contributed by atoms with Crippen molar-refractivity contribution in [3.05, 3.63) is 11.7 Å².